The Balaban J connectivity index is 1.85. The van der Waals surface area contributed by atoms with Crippen LogP contribution >= 0.6 is 11.8 Å². The van der Waals surface area contributed by atoms with Crippen molar-refractivity contribution in [3.05, 3.63) is 53.5 Å². The zero-order valence-corrected chi connectivity index (χ0v) is 10.5. The van der Waals surface area contributed by atoms with Crippen LogP contribution in [0.3, 0.4) is 0 Å². The number of thioether (sulfide) groups is 1. The lowest BCUT2D eigenvalue weighted by atomic mass is 10.00. The van der Waals surface area contributed by atoms with Gasteiger partial charge in [-0.05, 0) is 35.1 Å². The van der Waals surface area contributed by atoms with E-state index >= 15 is 0 Å². The van der Waals surface area contributed by atoms with Crippen molar-refractivity contribution in [3.63, 3.8) is 0 Å². The second-order valence-corrected chi connectivity index (χ2v) is 5.30. The van der Waals surface area contributed by atoms with E-state index in [4.69, 9.17) is 0 Å². The van der Waals surface area contributed by atoms with Crippen molar-refractivity contribution in [2.45, 2.75) is 6.42 Å². The summed E-state index contributed by atoms with van der Waals surface area (Å²) in [5.41, 5.74) is 5.12. The Hall–Kier alpha value is -1.81. The molecular formula is C14H11N3S. The molecule has 0 spiro atoms. The Labute approximate surface area is 109 Å². The molecule has 0 radical (unpaired) electrons. The van der Waals surface area contributed by atoms with Gasteiger partial charge >= 0.3 is 0 Å². The van der Waals surface area contributed by atoms with Crippen molar-refractivity contribution in [2.24, 2.45) is 0 Å². The summed E-state index contributed by atoms with van der Waals surface area (Å²) in [4.78, 5) is 8.42. The average molecular weight is 253 g/mol. The van der Waals surface area contributed by atoms with Gasteiger partial charge in [0.1, 0.15) is 12.0 Å². The smallest absolute Gasteiger partial charge is 0.147 e. The first-order valence-corrected chi connectivity index (χ1v) is 6.96. The molecule has 0 atom stereocenters. The molecule has 0 saturated carbocycles. The highest BCUT2D eigenvalue weighted by molar-refractivity contribution is 8.02. The second kappa shape index (κ2) is 3.85. The zero-order valence-electron chi connectivity index (χ0n) is 9.71. The summed E-state index contributed by atoms with van der Waals surface area (Å²) in [6.07, 6.45) is 11.1. The van der Waals surface area contributed by atoms with Gasteiger partial charge in [-0.15, -0.1) is 11.8 Å². The van der Waals surface area contributed by atoms with Gasteiger partial charge in [0, 0.05) is 29.2 Å². The normalized spacial score (nSPS) is 18.3. The number of hydrogen-bond acceptors (Lipinski definition) is 3. The molecule has 4 rings (SSSR count). The summed E-state index contributed by atoms with van der Waals surface area (Å²) >= 11 is 1.88. The van der Waals surface area contributed by atoms with Gasteiger partial charge in [0.25, 0.3) is 0 Å². The van der Waals surface area contributed by atoms with Crippen molar-refractivity contribution in [3.8, 4) is 0 Å². The van der Waals surface area contributed by atoms with E-state index in [1.807, 2.05) is 18.0 Å². The molecule has 0 bridgehead atoms. The van der Waals surface area contributed by atoms with Crippen LogP contribution in [-0.4, -0.2) is 20.3 Å². The summed E-state index contributed by atoms with van der Waals surface area (Å²) in [5.74, 6) is 1.10. The minimum absolute atomic E-state index is 0.978. The molecule has 18 heavy (non-hydrogen) atoms. The molecule has 3 nitrogen and oxygen atoms in total. The number of fused-ring (bicyclic) bond motifs is 2. The fraction of sp³-hybridized carbons (Fsp3) is 0.143. The van der Waals surface area contributed by atoms with Gasteiger partial charge in [-0.3, -0.25) is 0 Å². The predicted octanol–water partition coefficient (Wildman–Crippen LogP) is 3.23. The first-order chi connectivity index (χ1) is 8.92. The highest BCUT2D eigenvalue weighted by atomic mass is 32.2. The van der Waals surface area contributed by atoms with Gasteiger partial charge in [0.2, 0.25) is 0 Å². The van der Waals surface area contributed by atoms with E-state index in [9.17, 15) is 0 Å². The molecule has 88 valence electrons. The monoisotopic (exact) mass is 253 g/mol. The molecule has 0 saturated heterocycles. The van der Waals surface area contributed by atoms with E-state index < -0.39 is 0 Å². The van der Waals surface area contributed by atoms with Crippen LogP contribution in [0.5, 0.6) is 0 Å². The molecule has 2 aromatic heterocycles. The summed E-state index contributed by atoms with van der Waals surface area (Å²) < 4.78 is 2.14. The van der Waals surface area contributed by atoms with Gasteiger partial charge in [0.15, 0.2) is 0 Å². The standard InChI is InChI=1S/C14H11N3S/c1-2-13(5-12-8-18-7-11(1)12)17-4-3-10-6-15-9-16-14(10)17/h2-7,9H,1,8H2. The molecule has 3 heterocycles. The molecule has 0 unspecified atom stereocenters. The summed E-state index contributed by atoms with van der Waals surface area (Å²) in [6, 6.07) is 2.06. The van der Waals surface area contributed by atoms with Gasteiger partial charge in [-0.1, -0.05) is 6.08 Å². The van der Waals surface area contributed by atoms with E-state index in [1.54, 1.807) is 6.33 Å². The molecule has 0 fully saturated rings. The fourth-order valence-electron chi connectivity index (χ4n) is 2.42. The molecule has 2 aliphatic rings. The molecule has 0 amide bonds. The van der Waals surface area contributed by atoms with Crippen molar-refractivity contribution in [2.75, 3.05) is 5.75 Å². The van der Waals surface area contributed by atoms with Crippen molar-refractivity contribution >= 4 is 28.5 Å². The molecule has 2 aromatic rings. The van der Waals surface area contributed by atoms with Crippen LogP contribution in [0, 0.1) is 0 Å². The Bertz CT molecular complexity index is 721. The highest BCUT2D eigenvalue weighted by Crippen LogP contribution is 2.35. The van der Waals surface area contributed by atoms with Crippen LogP contribution in [0.2, 0.25) is 0 Å². The predicted molar refractivity (Wildman–Crippen MR) is 75.0 cm³/mol. The van der Waals surface area contributed by atoms with Crippen molar-refractivity contribution in [1.82, 2.24) is 14.5 Å². The summed E-state index contributed by atoms with van der Waals surface area (Å²) in [7, 11) is 0. The lowest BCUT2D eigenvalue weighted by molar-refractivity contribution is 1.08. The maximum atomic E-state index is 4.36. The third kappa shape index (κ3) is 1.46. The first kappa shape index (κ1) is 10.1. The number of nitrogens with zero attached hydrogens (tertiary/aromatic N) is 3. The van der Waals surface area contributed by atoms with Gasteiger partial charge in [0.05, 0.1) is 0 Å². The Morgan fingerprint density at radius 3 is 3.28 bits per heavy atom. The van der Waals surface area contributed by atoms with Crippen LogP contribution in [0.25, 0.3) is 16.7 Å². The number of aromatic nitrogens is 3. The van der Waals surface area contributed by atoms with Crippen LogP contribution in [0.15, 0.2) is 53.5 Å². The van der Waals surface area contributed by atoms with E-state index in [1.165, 1.54) is 16.8 Å². The van der Waals surface area contributed by atoms with Crippen LogP contribution < -0.4 is 0 Å². The number of allylic oxidation sites excluding steroid dienone is 4. The van der Waals surface area contributed by atoms with Crippen molar-refractivity contribution in [1.29, 1.82) is 0 Å². The topological polar surface area (TPSA) is 30.7 Å². The minimum atomic E-state index is 0.978. The summed E-state index contributed by atoms with van der Waals surface area (Å²) in [6.45, 7) is 0. The van der Waals surface area contributed by atoms with Gasteiger partial charge < -0.3 is 4.57 Å². The Morgan fingerprint density at radius 1 is 1.28 bits per heavy atom. The largest absolute Gasteiger partial charge is 0.302 e. The Morgan fingerprint density at radius 2 is 2.28 bits per heavy atom. The number of hydrogen-bond donors (Lipinski definition) is 0. The number of rotatable bonds is 1. The lowest BCUT2D eigenvalue weighted by Gasteiger charge is -2.14. The van der Waals surface area contributed by atoms with Crippen LogP contribution in [0.1, 0.15) is 6.42 Å². The first-order valence-electron chi connectivity index (χ1n) is 5.91. The molecule has 1 aliphatic carbocycles. The molecule has 0 N–H and O–H groups in total. The van der Waals surface area contributed by atoms with Gasteiger partial charge in [-0.25, -0.2) is 9.97 Å². The van der Waals surface area contributed by atoms with E-state index in [2.05, 4.69) is 44.4 Å². The van der Waals surface area contributed by atoms with Gasteiger partial charge in [-0.2, -0.15) is 0 Å². The maximum Gasteiger partial charge on any atom is 0.147 e. The zero-order chi connectivity index (χ0) is 11.9. The molecular weight excluding hydrogens is 242 g/mol. The quantitative estimate of drug-likeness (QED) is 0.781. The average Bonchev–Trinajstić information content (AvgIpc) is 3.04. The molecule has 0 aromatic carbocycles. The van der Waals surface area contributed by atoms with Crippen LogP contribution in [0.4, 0.5) is 0 Å². The highest BCUT2D eigenvalue weighted by Gasteiger charge is 2.17. The molecule has 1 aliphatic heterocycles. The van der Waals surface area contributed by atoms with E-state index in [0.717, 1.165) is 23.2 Å². The summed E-state index contributed by atoms with van der Waals surface area (Å²) in [5, 5.41) is 3.36. The lowest BCUT2D eigenvalue weighted by Crippen LogP contribution is -2.01. The van der Waals surface area contributed by atoms with Crippen LogP contribution in [-0.2, 0) is 0 Å². The maximum absolute atomic E-state index is 4.36. The Kier molecular flexibility index (Phi) is 2.17. The van der Waals surface area contributed by atoms with Crippen molar-refractivity contribution < 1.29 is 0 Å². The SMILES string of the molecule is C1=C2CC=C(n3ccc4cncnc43)C=C2CS1. The van der Waals surface area contributed by atoms with E-state index in [0.29, 0.717) is 0 Å². The second-order valence-electron chi connectivity index (χ2n) is 4.44. The van der Waals surface area contributed by atoms with E-state index in [-0.39, 0.29) is 0 Å². The minimum Gasteiger partial charge on any atom is -0.302 e. The third-order valence-electron chi connectivity index (χ3n) is 3.36. The fourth-order valence-corrected chi connectivity index (χ4v) is 3.40. The molecule has 4 heteroatoms. The third-order valence-corrected chi connectivity index (χ3v) is 4.29.